The second kappa shape index (κ2) is 5.29. The van der Waals surface area contributed by atoms with Gasteiger partial charge in [-0.25, -0.2) is 0 Å². The van der Waals surface area contributed by atoms with Crippen LogP contribution in [0.25, 0.3) is 0 Å². The van der Waals surface area contributed by atoms with Gasteiger partial charge in [-0.05, 0) is 5.56 Å². The summed E-state index contributed by atoms with van der Waals surface area (Å²) in [6.07, 6.45) is -11.4. The van der Waals surface area contributed by atoms with E-state index in [1.54, 1.807) is 6.07 Å². The van der Waals surface area contributed by atoms with Gasteiger partial charge in [-0.15, -0.1) is 0 Å². The number of epoxide rings is 1. The lowest BCUT2D eigenvalue weighted by Gasteiger charge is -2.33. The highest BCUT2D eigenvalue weighted by molar-refractivity contribution is 5.22. The molecule has 1 aromatic rings. The molecule has 1 aliphatic heterocycles. The van der Waals surface area contributed by atoms with E-state index in [0.717, 1.165) is 0 Å². The summed E-state index contributed by atoms with van der Waals surface area (Å²) in [5.41, 5.74) is 0.333. The molecule has 10 heteroatoms. The Hall–Kier alpha value is -1.45. The molecule has 130 valence electrons. The van der Waals surface area contributed by atoms with Crippen molar-refractivity contribution in [2.45, 2.75) is 42.6 Å². The summed E-state index contributed by atoms with van der Waals surface area (Å²) in [6, 6.07) is 7.42. The molecule has 2 rings (SSSR count). The van der Waals surface area contributed by atoms with Gasteiger partial charge >= 0.3 is 23.9 Å². The Morgan fingerprint density at radius 2 is 1.30 bits per heavy atom. The van der Waals surface area contributed by atoms with E-state index in [2.05, 4.69) is 0 Å². The second-order valence-corrected chi connectivity index (χ2v) is 5.06. The van der Waals surface area contributed by atoms with Gasteiger partial charge in [0.2, 0.25) is 0 Å². The first kappa shape index (κ1) is 17.9. The molecule has 0 aromatic heterocycles. The van der Waals surface area contributed by atoms with Gasteiger partial charge in [-0.1, -0.05) is 30.3 Å². The zero-order valence-electron chi connectivity index (χ0n) is 11.1. The SMILES string of the molecule is FC(F)(F)C(F)(F)C(F)(F)C(F)(F)CC1OC1c1ccccc1. The van der Waals surface area contributed by atoms with E-state index >= 15 is 0 Å². The number of alkyl halides is 9. The maximum absolute atomic E-state index is 13.4. The van der Waals surface area contributed by atoms with Crippen LogP contribution in [0.5, 0.6) is 0 Å². The van der Waals surface area contributed by atoms with Crippen LogP contribution >= 0.6 is 0 Å². The third-order valence-electron chi connectivity index (χ3n) is 3.38. The fourth-order valence-electron chi connectivity index (χ4n) is 2.02. The van der Waals surface area contributed by atoms with E-state index in [-0.39, 0.29) is 0 Å². The Kier molecular flexibility index (Phi) is 4.11. The van der Waals surface area contributed by atoms with Gasteiger partial charge in [0.1, 0.15) is 6.10 Å². The summed E-state index contributed by atoms with van der Waals surface area (Å²) < 4.78 is 119. The molecule has 0 radical (unpaired) electrons. The highest BCUT2D eigenvalue weighted by Gasteiger charge is 2.82. The third-order valence-corrected chi connectivity index (χ3v) is 3.38. The molecule has 0 amide bonds. The van der Waals surface area contributed by atoms with Crippen LogP contribution in [0.4, 0.5) is 39.5 Å². The molecule has 1 heterocycles. The van der Waals surface area contributed by atoms with Crippen LogP contribution in [0.15, 0.2) is 30.3 Å². The summed E-state index contributed by atoms with van der Waals surface area (Å²) in [5.74, 6) is -19.0. The predicted octanol–water partition coefficient (Wildman–Crippen LogP) is 4.98. The van der Waals surface area contributed by atoms with Gasteiger partial charge < -0.3 is 4.74 Å². The van der Waals surface area contributed by atoms with E-state index in [4.69, 9.17) is 4.74 Å². The number of rotatable bonds is 5. The van der Waals surface area contributed by atoms with Crippen LogP contribution in [-0.4, -0.2) is 30.0 Å². The molecule has 0 N–H and O–H groups in total. The molecule has 0 bridgehead atoms. The quantitative estimate of drug-likeness (QED) is 0.538. The molecular weight excluding hydrogens is 343 g/mol. The normalized spacial score (nSPS) is 23.0. The average molecular weight is 352 g/mol. The van der Waals surface area contributed by atoms with Crippen molar-refractivity contribution in [2.24, 2.45) is 0 Å². The minimum Gasteiger partial charge on any atom is -0.364 e. The Labute approximate surface area is 124 Å². The minimum absolute atomic E-state index is 0.333. The van der Waals surface area contributed by atoms with E-state index in [1.807, 2.05) is 0 Å². The van der Waals surface area contributed by atoms with Crippen molar-refractivity contribution in [1.82, 2.24) is 0 Å². The van der Waals surface area contributed by atoms with E-state index in [1.165, 1.54) is 24.3 Å². The highest BCUT2D eigenvalue weighted by atomic mass is 19.4. The third kappa shape index (κ3) is 3.00. The molecule has 1 aromatic carbocycles. The molecule has 2 atom stereocenters. The van der Waals surface area contributed by atoms with Crippen LogP contribution in [0.3, 0.4) is 0 Å². The van der Waals surface area contributed by atoms with E-state index in [0.29, 0.717) is 5.56 Å². The van der Waals surface area contributed by atoms with E-state index in [9.17, 15) is 39.5 Å². The molecule has 0 aliphatic carbocycles. The standard InChI is InChI=1S/C13H9F9O/c14-10(15,11(16,17)12(18,19)13(20,21)22)6-8-9(23-8)7-4-2-1-3-5-7/h1-5,8-9H,6H2. The first-order chi connectivity index (χ1) is 10.3. The fourth-order valence-corrected chi connectivity index (χ4v) is 2.02. The minimum atomic E-state index is -6.86. The van der Waals surface area contributed by atoms with Crippen molar-refractivity contribution >= 4 is 0 Å². The lowest BCUT2D eigenvalue weighted by Crippen LogP contribution is -2.61. The Balaban J connectivity index is 2.13. The fraction of sp³-hybridized carbons (Fsp3) is 0.538. The highest BCUT2D eigenvalue weighted by Crippen LogP contribution is 2.56. The lowest BCUT2D eigenvalue weighted by atomic mass is 9.97. The zero-order chi connectivity index (χ0) is 17.7. The molecule has 2 unspecified atom stereocenters. The van der Waals surface area contributed by atoms with E-state index < -0.39 is 42.6 Å². The van der Waals surface area contributed by atoms with Crippen molar-refractivity contribution in [3.05, 3.63) is 35.9 Å². The number of ether oxygens (including phenoxy) is 1. The van der Waals surface area contributed by atoms with Crippen LogP contribution in [0.1, 0.15) is 18.1 Å². The molecule has 0 spiro atoms. The first-order valence-electron chi connectivity index (χ1n) is 6.22. The summed E-state index contributed by atoms with van der Waals surface area (Å²) in [4.78, 5) is 0. The Morgan fingerprint density at radius 3 is 1.78 bits per heavy atom. The van der Waals surface area contributed by atoms with Crippen LogP contribution in [0, 0.1) is 0 Å². The maximum Gasteiger partial charge on any atom is 0.460 e. The molecule has 1 aliphatic rings. The molecule has 0 saturated carbocycles. The molecular formula is C13H9F9O. The van der Waals surface area contributed by atoms with Gasteiger partial charge in [-0.2, -0.15) is 39.5 Å². The van der Waals surface area contributed by atoms with Crippen LogP contribution < -0.4 is 0 Å². The molecule has 1 saturated heterocycles. The second-order valence-electron chi connectivity index (χ2n) is 5.06. The van der Waals surface area contributed by atoms with Gasteiger partial charge in [0, 0.05) is 6.42 Å². The van der Waals surface area contributed by atoms with Crippen molar-refractivity contribution < 1.29 is 44.3 Å². The zero-order valence-corrected chi connectivity index (χ0v) is 11.1. The predicted molar refractivity (Wildman–Crippen MR) is 59.6 cm³/mol. The number of benzene rings is 1. The maximum atomic E-state index is 13.4. The van der Waals surface area contributed by atoms with Crippen LogP contribution in [0.2, 0.25) is 0 Å². The van der Waals surface area contributed by atoms with Gasteiger partial charge in [0.25, 0.3) is 0 Å². The largest absolute Gasteiger partial charge is 0.460 e. The molecule has 1 nitrogen and oxygen atoms in total. The van der Waals surface area contributed by atoms with Crippen molar-refractivity contribution in [3.8, 4) is 0 Å². The summed E-state index contributed by atoms with van der Waals surface area (Å²) in [5, 5.41) is 0. The van der Waals surface area contributed by atoms with Gasteiger partial charge in [0.15, 0.2) is 0 Å². The lowest BCUT2D eigenvalue weighted by molar-refractivity contribution is -0.397. The van der Waals surface area contributed by atoms with Crippen molar-refractivity contribution in [1.29, 1.82) is 0 Å². The summed E-state index contributed by atoms with van der Waals surface area (Å²) in [6.45, 7) is 0. The first-order valence-corrected chi connectivity index (χ1v) is 6.22. The molecule has 1 fully saturated rings. The van der Waals surface area contributed by atoms with Gasteiger partial charge in [-0.3, -0.25) is 0 Å². The summed E-state index contributed by atoms with van der Waals surface area (Å²) in [7, 11) is 0. The number of hydrogen-bond donors (Lipinski definition) is 0. The smallest absolute Gasteiger partial charge is 0.364 e. The average Bonchev–Trinajstić information content (AvgIpc) is 3.16. The number of hydrogen-bond acceptors (Lipinski definition) is 1. The topological polar surface area (TPSA) is 12.5 Å². The van der Waals surface area contributed by atoms with Crippen LogP contribution in [-0.2, 0) is 4.74 Å². The van der Waals surface area contributed by atoms with Crippen molar-refractivity contribution in [2.75, 3.05) is 0 Å². The Bertz CT molecular complexity index is 552. The van der Waals surface area contributed by atoms with Crippen molar-refractivity contribution in [3.63, 3.8) is 0 Å². The number of halogens is 9. The summed E-state index contributed by atoms with van der Waals surface area (Å²) >= 11 is 0. The molecule has 23 heavy (non-hydrogen) atoms. The van der Waals surface area contributed by atoms with Gasteiger partial charge in [0.05, 0.1) is 6.10 Å². The Morgan fingerprint density at radius 1 is 0.783 bits per heavy atom. The monoisotopic (exact) mass is 352 g/mol.